The quantitative estimate of drug-likeness (QED) is 0.655. The molecule has 0 bridgehead atoms. The lowest BCUT2D eigenvalue weighted by atomic mass is 10.4. The molecule has 76 valence electrons. The summed E-state index contributed by atoms with van der Waals surface area (Å²) in [6.07, 6.45) is 2.63. The highest BCUT2D eigenvalue weighted by Crippen LogP contribution is 1.99. The lowest BCUT2D eigenvalue weighted by molar-refractivity contribution is 0.0761. The number of anilines is 1. The molecule has 1 aromatic heterocycles. The number of nitrogen functional groups attached to an aromatic ring is 1. The largest absolute Gasteiger partial charge is 0.395 e. The monoisotopic (exact) mass is 196 g/mol. The van der Waals surface area contributed by atoms with Crippen LogP contribution in [0.3, 0.4) is 0 Å². The number of carbonyl (C=O) groups is 1. The number of aliphatic hydroxyl groups is 1. The van der Waals surface area contributed by atoms with Gasteiger partial charge in [0.25, 0.3) is 5.91 Å². The summed E-state index contributed by atoms with van der Waals surface area (Å²) in [4.78, 5) is 20.4. The second-order valence-corrected chi connectivity index (χ2v) is 2.78. The fourth-order valence-electron chi connectivity index (χ4n) is 0.896. The van der Waals surface area contributed by atoms with Gasteiger partial charge in [-0.15, -0.1) is 0 Å². The van der Waals surface area contributed by atoms with Crippen LogP contribution in [0.1, 0.15) is 10.5 Å². The molecule has 6 heteroatoms. The van der Waals surface area contributed by atoms with Crippen molar-refractivity contribution in [1.82, 2.24) is 14.9 Å². The molecule has 1 aromatic rings. The number of nitrogens with zero attached hydrogens (tertiary/aromatic N) is 3. The number of aromatic nitrogens is 2. The summed E-state index contributed by atoms with van der Waals surface area (Å²) < 4.78 is 0. The zero-order chi connectivity index (χ0) is 10.6. The summed E-state index contributed by atoms with van der Waals surface area (Å²) >= 11 is 0. The minimum absolute atomic E-state index is 0.0787. The maximum absolute atomic E-state index is 11.5. The Morgan fingerprint density at radius 3 is 2.79 bits per heavy atom. The van der Waals surface area contributed by atoms with E-state index in [9.17, 15) is 4.79 Å². The van der Waals surface area contributed by atoms with Gasteiger partial charge in [-0.05, 0) is 0 Å². The van der Waals surface area contributed by atoms with E-state index in [1.165, 1.54) is 17.3 Å². The van der Waals surface area contributed by atoms with E-state index >= 15 is 0 Å². The van der Waals surface area contributed by atoms with Crippen molar-refractivity contribution in [1.29, 1.82) is 0 Å². The normalized spacial score (nSPS) is 9.86. The number of hydrogen-bond acceptors (Lipinski definition) is 5. The van der Waals surface area contributed by atoms with Crippen LogP contribution in [0.25, 0.3) is 0 Å². The van der Waals surface area contributed by atoms with Crippen molar-refractivity contribution >= 4 is 11.7 Å². The van der Waals surface area contributed by atoms with E-state index in [0.29, 0.717) is 0 Å². The number of likely N-dealkylation sites (N-methyl/N-ethyl adjacent to an activating group) is 1. The van der Waals surface area contributed by atoms with E-state index in [4.69, 9.17) is 10.8 Å². The van der Waals surface area contributed by atoms with Gasteiger partial charge in [-0.2, -0.15) is 0 Å². The van der Waals surface area contributed by atoms with E-state index in [2.05, 4.69) is 9.97 Å². The fraction of sp³-hybridized carbons (Fsp3) is 0.375. The first-order valence-corrected chi connectivity index (χ1v) is 4.09. The van der Waals surface area contributed by atoms with Crippen LogP contribution in [0, 0.1) is 0 Å². The van der Waals surface area contributed by atoms with Gasteiger partial charge >= 0.3 is 0 Å². The minimum Gasteiger partial charge on any atom is -0.395 e. The van der Waals surface area contributed by atoms with Gasteiger partial charge in [0.2, 0.25) is 0 Å². The van der Waals surface area contributed by atoms with Crippen molar-refractivity contribution in [2.75, 3.05) is 25.9 Å². The van der Waals surface area contributed by atoms with Gasteiger partial charge in [-0.25, -0.2) is 9.97 Å². The van der Waals surface area contributed by atoms with E-state index in [1.807, 2.05) is 0 Å². The molecule has 0 radical (unpaired) electrons. The molecular weight excluding hydrogens is 184 g/mol. The molecule has 0 aromatic carbocycles. The third kappa shape index (κ3) is 2.40. The maximum atomic E-state index is 11.5. The highest BCUT2D eigenvalue weighted by atomic mass is 16.3. The summed E-state index contributed by atoms with van der Waals surface area (Å²) in [7, 11) is 1.58. The predicted molar refractivity (Wildman–Crippen MR) is 50.5 cm³/mol. The molecule has 3 N–H and O–H groups in total. The van der Waals surface area contributed by atoms with Gasteiger partial charge in [0.05, 0.1) is 19.0 Å². The average molecular weight is 196 g/mol. The van der Waals surface area contributed by atoms with Crippen LogP contribution >= 0.6 is 0 Å². The average Bonchev–Trinajstić information content (AvgIpc) is 2.18. The Morgan fingerprint density at radius 2 is 2.29 bits per heavy atom. The van der Waals surface area contributed by atoms with Crippen molar-refractivity contribution < 1.29 is 9.90 Å². The maximum Gasteiger partial charge on any atom is 0.273 e. The zero-order valence-corrected chi connectivity index (χ0v) is 7.84. The first-order valence-electron chi connectivity index (χ1n) is 4.09. The van der Waals surface area contributed by atoms with Gasteiger partial charge in [0.15, 0.2) is 0 Å². The fourth-order valence-corrected chi connectivity index (χ4v) is 0.896. The molecule has 0 fully saturated rings. The first-order chi connectivity index (χ1) is 6.65. The van der Waals surface area contributed by atoms with Gasteiger partial charge in [-0.1, -0.05) is 0 Å². The second kappa shape index (κ2) is 4.52. The summed E-state index contributed by atoms with van der Waals surface area (Å²) in [6.45, 7) is 0.190. The van der Waals surface area contributed by atoms with Gasteiger partial charge < -0.3 is 15.7 Å². The topological polar surface area (TPSA) is 92.3 Å². The highest BCUT2D eigenvalue weighted by Gasteiger charge is 2.12. The molecule has 1 heterocycles. The predicted octanol–water partition coefficient (Wildman–Crippen LogP) is -0.877. The van der Waals surface area contributed by atoms with Crippen LogP contribution in [-0.2, 0) is 0 Å². The summed E-state index contributed by atoms with van der Waals surface area (Å²) in [6, 6.07) is 0. The Kier molecular flexibility index (Phi) is 3.35. The summed E-state index contributed by atoms with van der Waals surface area (Å²) in [5.74, 6) is -0.0158. The molecular formula is C8H12N4O2. The Bertz CT molecular complexity index is 312. The third-order valence-corrected chi connectivity index (χ3v) is 1.67. The van der Waals surface area contributed by atoms with Crippen molar-refractivity contribution in [3.05, 3.63) is 18.1 Å². The third-order valence-electron chi connectivity index (χ3n) is 1.67. The zero-order valence-electron chi connectivity index (χ0n) is 7.84. The molecule has 0 aliphatic heterocycles. The highest BCUT2D eigenvalue weighted by molar-refractivity contribution is 5.91. The van der Waals surface area contributed by atoms with Gasteiger partial charge in [0, 0.05) is 13.6 Å². The van der Waals surface area contributed by atoms with Crippen LogP contribution in [-0.4, -0.2) is 46.1 Å². The number of nitrogens with two attached hydrogens (primary N) is 1. The number of hydrogen-bond donors (Lipinski definition) is 2. The van der Waals surface area contributed by atoms with Crippen molar-refractivity contribution in [3.8, 4) is 0 Å². The van der Waals surface area contributed by atoms with Crippen molar-refractivity contribution in [2.45, 2.75) is 0 Å². The number of aliphatic hydroxyl groups excluding tert-OH is 1. The molecule has 0 spiro atoms. The van der Waals surface area contributed by atoms with E-state index in [-0.39, 0.29) is 30.6 Å². The molecule has 1 rings (SSSR count). The number of rotatable bonds is 3. The molecule has 14 heavy (non-hydrogen) atoms. The Balaban J connectivity index is 2.74. The van der Waals surface area contributed by atoms with Crippen molar-refractivity contribution in [2.24, 2.45) is 0 Å². The summed E-state index contributed by atoms with van der Waals surface area (Å²) in [5, 5.41) is 8.63. The van der Waals surface area contributed by atoms with Crippen LogP contribution in [0.2, 0.25) is 0 Å². The molecule has 0 saturated heterocycles. The van der Waals surface area contributed by atoms with Crippen LogP contribution in [0.15, 0.2) is 12.4 Å². The van der Waals surface area contributed by atoms with E-state index in [1.54, 1.807) is 7.05 Å². The molecule has 0 saturated carbocycles. The van der Waals surface area contributed by atoms with E-state index in [0.717, 1.165) is 0 Å². The molecule has 0 atom stereocenters. The molecule has 1 amide bonds. The first kappa shape index (κ1) is 10.4. The number of carbonyl (C=O) groups excluding carboxylic acids is 1. The van der Waals surface area contributed by atoms with Crippen LogP contribution < -0.4 is 5.73 Å². The Labute approximate surface area is 81.4 Å². The summed E-state index contributed by atoms with van der Waals surface area (Å²) in [5.41, 5.74) is 5.54. The van der Waals surface area contributed by atoms with Gasteiger partial charge in [0.1, 0.15) is 11.5 Å². The van der Waals surface area contributed by atoms with Crippen molar-refractivity contribution in [3.63, 3.8) is 0 Å². The molecule has 0 aliphatic carbocycles. The minimum atomic E-state index is -0.286. The lowest BCUT2D eigenvalue weighted by Crippen LogP contribution is -2.30. The molecule has 6 nitrogen and oxygen atoms in total. The molecule has 0 aliphatic rings. The second-order valence-electron chi connectivity index (χ2n) is 2.78. The Hall–Kier alpha value is -1.69. The Morgan fingerprint density at radius 1 is 1.57 bits per heavy atom. The number of amides is 1. The standard InChI is InChI=1S/C8H12N4O2/c1-12(2-3-13)8(14)6-4-11-7(9)5-10-6/h4-5,13H,2-3H2,1H3,(H2,9,11). The smallest absolute Gasteiger partial charge is 0.273 e. The van der Waals surface area contributed by atoms with Crippen LogP contribution in [0.4, 0.5) is 5.82 Å². The lowest BCUT2D eigenvalue weighted by Gasteiger charge is -2.14. The SMILES string of the molecule is CN(CCO)C(=O)c1cnc(N)cn1. The van der Waals surface area contributed by atoms with Gasteiger partial charge in [-0.3, -0.25) is 4.79 Å². The molecule has 0 unspecified atom stereocenters. The van der Waals surface area contributed by atoms with Crippen LogP contribution in [0.5, 0.6) is 0 Å². The van der Waals surface area contributed by atoms with E-state index < -0.39 is 0 Å².